The number of halogens is 1. The molecule has 9 heteroatoms. The van der Waals surface area contributed by atoms with Crippen LogP contribution in [0.3, 0.4) is 0 Å². The highest BCUT2D eigenvalue weighted by Gasteiger charge is 2.17. The fraction of sp³-hybridized carbons (Fsp3) is 0.120. The number of para-hydroxylation sites is 1. The van der Waals surface area contributed by atoms with E-state index in [9.17, 15) is 4.79 Å². The van der Waals surface area contributed by atoms with E-state index in [1.54, 1.807) is 23.0 Å². The lowest BCUT2D eigenvalue weighted by atomic mass is 10.2. The molecule has 0 fully saturated rings. The van der Waals surface area contributed by atoms with Gasteiger partial charge in [-0.2, -0.15) is 0 Å². The van der Waals surface area contributed by atoms with Gasteiger partial charge in [-0.25, -0.2) is 0 Å². The Hall–Kier alpha value is -3.62. The first-order valence-electron chi connectivity index (χ1n) is 10.6. The average molecular weight is 490 g/mol. The van der Waals surface area contributed by atoms with Crippen molar-refractivity contribution < 1.29 is 4.74 Å². The van der Waals surface area contributed by atoms with Crippen molar-refractivity contribution in [2.75, 3.05) is 0 Å². The van der Waals surface area contributed by atoms with E-state index in [0.717, 1.165) is 22.4 Å². The number of allylic oxidation sites excluding steroid dienone is 1. The number of nitrogens with zero attached hydrogens (tertiary/aromatic N) is 5. The maximum absolute atomic E-state index is 13.0. The van der Waals surface area contributed by atoms with Gasteiger partial charge in [-0.15, -0.1) is 16.8 Å². The predicted octanol–water partition coefficient (Wildman–Crippen LogP) is 5.15. The van der Waals surface area contributed by atoms with Gasteiger partial charge in [-0.1, -0.05) is 47.6 Å². The number of thioether (sulfide) groups is 1. The summed E-state index contributed by atoms with van der Waals surface area (Å²) in [5.41, 5.74) is 2.55. The molecule has 0 aliphatic carbocycles. The molecule has 0 saturated carbocycles. The Morgan fingerprint density at radius 2 is 2.00 bits per heavy atom. The van der Waals surface area contributed by atoms with Crippen molar-refractivity contribution in [3.63, 3.8) is 0 Å². The predicted molar refractivity (Wildman–Crippen MR) is 135 cm³/mol. The Kier molecular flexibility index (Phi) is 6.33. The van der Waals surface area contributed by atoms with E-state index in [0.29, 0.717) is 40.2 Å². The second kappa shape index (κ2) is 9.70. The SMILES string of the molecule is C=CCn1c(=O)c2ccccc2n2c(SCc3cc(Cl)ccc3OCc3cccnc3)nnc12. The molecule has 0 radical (unpaired) electrons. The molecule has 5 rings (SSSR count). The van der Waals surface area contributed by atoms with E-state index in [1.807, 2.05) is 59.0 Å². The van der Waals surface area contributed by atoms with Crippen LogP contribution in [0.1, 0.15) is 11.1 Å². The summed E-state index contributed by atoms with van der Waals surface area (Å²) in [4.78, 5) is 17.1. The van der Waals surface area contributed by atoms with Gasteiger partial charge in [0.25, 0.3) is 5.56 Å². The van der Waals surface area contributed by atoms with E-state index in [4.69, 9.17) is 16.3 Å². The molecule has 0 spiro atoms. The van der Waals surface area contributed by atoms with Gasteiger partial charge in [0.15, 0.2) is 5.16 Å². The zero-order valence-corrected chi connectivity index (χ0v) is 19.7. The highest BCUT2D eigenvalue weighted by atomic mass is 35.5. The molecule has 0 N–H and O–H groups in total. The lowest BCUT2D eigenvalue weighted by molar-refractivity contribution is 0.303. The smallest absolute Gasteiger partial charge is 0.263 e. The molecule has 34 heavy (non-hydrogen) atoms. The van der Waals surface area contributed by atoms with Crippen molar-refractivity contribution in [1.29, 1.82) is 0 Å². The van der Waals surface area contributed by atoms with Crippen LogP contribution >= 0.6 is 23.4 Å². The van der Waals surface area contributed by atoms with Crippen molar-refractivity contribution >= 4 is 40.0 Å². The van der Waals surface area contributed by atoms with Gasteiger partial charge >= 0.3 is 0 Å². The molecular formula is C25H20ClN5O2S. The van der Waals surface area contributed by atoms with E-state index in [2.05, 4.69) is 21.8 Å². The van der Waals surface area contributed by atoms with Crippen LogP contribution in [0.25, 0.3) is 16.7 Å². The van der Waals surface area contributed by atoms with Crippen molar-refractivity contribution in [2.45, 2.75) is 24.1 Å². The first kappa shape index (κ1) is 22.2. The molecule has 170 valence electrons. The van der Waals surface area contributed by atoms with Crippen molar-refractivity contribution in [1.82, 2.24) is 24.1 Å². The number of fused-ring (bicyclic) bond motifs is 3. The Labute approximate surface area is 204 Å². The number of aromatic nitrogens is 5. The van der Waals surface area contributed by atoms with Crippen molar-refractivity contribution in [3.8, 4) is 5.75 Å². The second-order valence-electron chi connectivity index (χ2n) is 7.53. The molecule has 3 aromatic heterocycles. The first-order chi connectivity index (χ1) is 16.7. The molecular weight excluding hydrogens is 470 g/mol. The van der Waals surface area contributed by atoms with E-state index >= 15 is 0 Å². The molecule has 5 aromatic rings. The van der Waals surface area contributed by atoms with Crippen LogP contribution in [-0.2, 0) is 18.9 Å². The van der Waals surface area contributed by atoms with Crippen LogP contribution in [-0.4, -0.2) is 24.1 Å². The highest BCUT2D eigenvalue weighted by Crippen LogP contribution is 2.31. The van der Waals surface area contributed by atoms with Crippen LogP contribution in [0.15, 0.2) is 89.6 Å². The fourth-order valence-electron chi connectivity index (χ4n) is 3.71. The number of benzene rings is 2. The van der Waals surface area contributed by atoms with Crippen molar-refractivity contribution in [3.05, 3.63) is 106 Å². The van der Waals surface area contributed by atoms with E-state index < -0.39 is 0 Å². The number of hydrogen-bond acceptors (Lipinski definition) is 6. The Morgan fingerprint density at radius 1 is 1.12 bits per heavy atom. The number of pyridine rings is 1. The summed E-state index contributed by atoms with van der Waals surface area (Å²) in [6.45, 7) is 4.52. The Bertz CT molecular complexity index is 1550. The first-order valence-corrected chi connectivity index (χ1v) is 11.9. The summed E-state index contributed by atoms with van der Waals surface area (Å²) in [7, 11) is 0. The van der Waals surface area contributed by atoms with Crippen LogP contribution < -0.4 is 10.3 Å². The van der Waals surface area contributed by atoms with Gasteiger partial charge in [0.05, 0.1) is 10.9 Å². The van der Waals surface area contributed by atoms with Gasteiger partial charge in [-0.3, -0.25) is 18.7 Å². The van der Waals surface area contributed by atoms with Gasteiger partial charge in [0.1, 0.15) is 12.4 Å². The average Bonchev–Trinajstić information content (AvgIpc) is 3.29. The third kappa shape index (κ3) is 4.30. The van der Waals surface area contributed by atoms with Gasteiger partial charge in [-0.05, 0) is 36.4 Å². The Morgan fingerprint density at radius 3 is 2.82 bits per heavy atom. The summed E-state index contributed by atoms with van der Waals surface area (Å²) >= 11 is 7.78. The molecule has 2 aromatic carbocycles. The highest BCUT2D eigenvalue weighted by molar-refractivity contribution is 7.98. The summed E-state index contributed by atoms with van der Waals surface area (Å²) in [6.07, 6.45) is 5.19. The minimum Gasteiger partial charge on any atom is -0.489 e. The minimum absolute atomic E-state index is 0.118. The van der Waals surface area contributed by atoms with Gasteiger partial charge in [0, 0.05) is 40.8 Å². The van der Waals surface area contributed by atoms with Crippen LogP contribution in [0.5, 0.6) is 5.75 Å². The van der Waals surface area contributed by atoms with Crippen molar-refractivity contribution in [2.24, 2.45) is 0 Å². The summed E-state index contributed by atoms with van der Waals surface area (Å²) in [6, 6.07) is 16.9. The Balaban J connectivity index is 1.49. The van der Waals surface area contributed by atoms with Crippen LogP contribution in [0.4, 0.5) is 0 Å². The minimum atomic E-state index is -0.118. The zero-order valence-electron chi connectivity index (χ0n) is 18.1. The third-order valence-electron chi connectivity index (χ3n) is 5.29. The van der Waals surface area contributed by atoms with Crippen LogP contribution in [0, 0.1) is 0 Å². The zero-order chi connectivity index (χ0) is 23.5. The monoisotopic (exact) mass is 489 g/mol. The van der Waals surface area contributed by atoms with Crippen LogP contribution in [0.2, 0.25) is 5.02 Å². The largest absolute Gasteiger partial charge is 0.489 e. The maximum Gasteiger partial charge on any atom is 0.263 e. The molecule has 0 bridgehead atoms. The molecule has 0 amide bonds. The quantitative estimate of drug-likeness (QED) is 0.222. The number of hydrogen-bond donors (Lipinski definition) is 0. The van der Waals surface area contributed by atoms with E-state index in [1.165, 1.54) is 11.8 Å². The molecule has 3 heterocycles. The molecule has 0 atom stereocenters. The standard InChI is InChI=1S/C25H20ClN5O2S/c1-2-12-30-23(32)20-7-3-4-8-21(20)31-24(30)28-29-25(31)34-16-18-13-19(26)9-10-22(18)33-15-17-6-5-11-27-14-17/h2-11,13-14H,1,12,15-16H2. The molecule has 0 unspecified atom stereocenters. The van der Waals surface area contributed by atoms with E-state index in [-0.39, 0.29) is 5.56 Å². The lowest BCUT2D eigenvalue weighted by Gasteiger charge is -2.12. The molecule has 7 nitrogen and oxygen atoms in total. The fourth-order valence-corrected chi connectivity index (χ4v) is 4.82. The summed E-state index contributed by atoms with van der Waals surface area (Å²) in [5.74, 6) is 1.77. The maximum atomic E-state index is 13.0. The molecule has 0 aliphatic heterocycles. The number of ether oxygens (including phenoxy) is 1. The summed E-state index contributed by atoms with van der Waals surface area (Å²) in [5, 5.41) is 10.6. The molecule has 0 saturated heterocycles. The van der Waals surface area contributed by atoms with Gasteiger partial charge in [0.2, 0.25) is 5.78 Å². The molecule has 0 aliphatic rings. The summed E-state index contributed by atoms with van der Waals surface area (Å²) < 4.78 is 9.55. The second-order valence-corrected chi connectivity index (χ2v) is 8.91. The number of rotatable bonds is 8. The third-order valence-corrected chi connectivity index (χ3v) is 6.50. The topological polar surface area (TPSA) is 74.3 Å². The van der Waals surface area contributed by atoms with Gasteiger partial charge < -0.3 is 4.74 Å². The normalized spacial score (nSPS) is 11.2. The lowest BCUT2D eigenvalue weighted by Crippen LogP contribution is -2.22.